The summed E-state index contributed by atoms with van der Waals surface area (Å²) in [6, 6.07) is 0. The molecule has 35 heavy (non-hydrogen) atoms. The van der Waals surface area contributed by atoms with E-state index < -0.39 is 6.10 Å². The van der Waals surface area contributed by atoms with Gasteiger partial charge < -0.3 is 15.3 Å². The first-order valence-corrected chi connectivity index (χ1v) is 12.9. The lowest BCUT2D eigenvalue weighted by atomic mass is 9.84. The van der Waals surface area contributed by atoms with Crippen LogP contribution in [0, 0.1) is 11.3 Å². The molecule has 2 aliphatic carbocycles. The Morgan fingerprint density at radius 2 is 1.31 bits per heavy atom. The molecule has 3 N–H and O–H groups in total. The van der Waals surface area contributed by atoms with E-state index in [1.807, 2.05) is 20.8 Å². The first-order chi connectivity index (χ1) is 16.6. The van der Waals surface area contributed by atoms with Gasteiger partial charge in [0.2, 0.25) is 0 Å². The maximum Gasteiger partial charge on any atom is 0.185 e. The van der Waals surface area contributed by atoms with E-state index in [4.69, 9.17) is 5.11 Å². The fraction of sp³-hybridized carbons (Fsp3) is 0.621. The molecule has 0 amide bonds. The van der Waals surface area contributed by atoms with Crippen molar-refractivity contribution < 1.29 is 29.7 Å². The Morgan fingerprint density at radius 1 is 0.800 bits per heavy atom. The minimum absolute atomic E-state index is 0.0966. The summed E-state index contributed by atoms with van der Waals surface area (Å²) >= 11 is 0. The molecule has 0 aromatic carbocycles. The standard InChI is InChI=1S/C29H42O6/c1-20(18-30)8-4-5-9-21-14-25(32)16-23(27(21)34)11-12-24-17-26(33)15-22(28(24)35)10-6-7-13-29(2,3)19-31/h14-17,20,26,30-31,33H,4-13,18-19H2,1-3H3. The molecular formula is C29H42O6. The minimum atomic E-state index is -0.832. The van der Waals surface area contributed by atoms with E-state index in [-0.39, 0.29) is 48.3 Å². The van der Waals surface area contributed by atoms with Crippen LogP contribution in [0.3, 0.4) is 0 Å². The molecule has 0 saturated heterocycles. The van der Waals surface area contributed by atoms with Crippen molar-refractivity contribution in [3.63, 3.8) is 0 Å². The molecule has 0 fully saturated rings. The third-order valence-electron chi connectivity index (χ3n) is 6.89. The van der Waals surface area contributed by atoms with Crippen LogP contribution in [0.5, 0.6) is 0 Å². The molecule has 0 spiro atoms. The predicted octanol–water partition coefficient (Wildman–Crippen LogP) is 4.34. The van der Waals surface area contributed by atoms with Crippen LogP contribution in [0.25, 0.3) is 0 Å². The van der Waals surface area contributed by atoms with Gasteiger partial charge in [0.1, 0.15) is 0 Å². The van der Waals surface area contributed by atoms with E-state index >= 15 is 0 Å². The van der Waals surface area contributed by atoms with Gasteiger partial charge in [-0.2, -0.15) is 0 Å². The molecule has 6 heteroatoms. The number of unbranched alkanes of at least 4 members (excludes halogenated alkanes) is 2. The molecule has 0 aliphatic heterocycles. The van der Waals surface area contributed by atoms with Crippen molar-refractivity contribution in [1.29, 1.82) is 0 Å². The number of hydrogen-bond donors (Lipinski definition) is 3. The van der Waals surface area contributed by atoms with Gasteiger partial charge in [-0.25, -0.2) is 0 Å². The summed E-state index contributed by atoms with van der Waals surface area (Å²) in [6.45, 7) is 6.26. The highest BCUT2D eigenvalue weighted by molar-refractivity contribution is 6.20. The summed E-state index contributed by atoms with van der Waals surface area (Å²) in [6.07, 6.45) is 11.8. The molecule has 0 aromatic rings. The highest BCUT2D eigenvalue weighted by Gasteiger charge is 2.25. The van der Waals surface area contributed by atoms with Gasteiger partial charge in [0, 0.05) is 24.4 Å². The van der Waals surface area contributed by atoms with Crippen LogP contribution in [0.1, 0.15) is 85.0 Å². The van der Waals surface area contributed by atoms with Gasteiger partial charge in [0.25, 0.3) is 0 Å². The topological polar surface area (TPSA) is 112 Å². The fourth-order valence-electron chi connectivity index (χ4n) is 4.47. The van der Waals surface area contributed by atoms with Crippen molar-refractivity contribution in [3.05, 3.63) is 46.6 Å². The maximum atomic E-state index is 13.0. The number of hydrogen-bond acceptors (Lipinski definition) is 6. The Hall–Kier alpha value is -2.15. The van der Waals surface area contributed by atoms with E-state index in [0.29, 0.717) is 41.6 Å². The van der Waals surface area contributed by atoms with Crippen LogP contribution in [-0.4, -0.2) is 52.0 Å². The average molecular weight is 487 g/mol. The van der Waals surface area contributed by atoms with E-state index in [2.05, 4.69) is 0 Å². The first kappa shape index (κ1) is 29.1. The number of aliphatic hydroxyl groups is 3. The van der Waals surface area contributed by atoms with Gasteiger partial charge >= 0.3 is 0 Å². The molecule has 0 aromatic heterocycles. The Balaban J connectivity index is 1.88. The van der Waals surface area contributed by atoms with Crippen LogP contribution < -0.4 is 0 Å². The van der Waals surface area contributed by atoms with Gasteiger partial charge in [0.05, 0.1) is 6.10 Å². The lowest BCUT2D eigenvalue weighted by Crippen LogP contribution is -2.19. The second kappa shape index (κ2) is 13.8. The van der Waals surface area contributed by atoms with Crippen molar-refractivity contribution in [2.75, 3.05) is 13.2 Å². The zero-order chi connectivity index (χ0) is 26.0. The van der Waals surface area contributed by atoms with Crippen molar-refractivity contribution >= 4 is 17.3 Å². The van der Waals surface area contributed by atoms with Gasteiger partial charge in [-0.3, -0.25) is 14.4 Å². The molecule has 2 rings (SSSR count). The summed E-state index contributed by atoms with van der Waals surface area (Å²) < 4.78 is 0. The number of ketones is 3. The number of Topliss-reactive ketones (excluding diaryl/α,β-unsaturated/α-hetero) is 2. The molecule has 0 heterocycles. The van der Waals surface area contributed by atoms with Crippen molar-refractivity contribution in [3.8, 4) is 0 Å². The zero-order valence-corrected chi connectivity index (χ0v) is 21.5. The Morgan fingerprint density at radius 3 is 1.94 bits per heavy atom. The van der Waals surface area contributed by atoms with Crippen molar-refractivity contribution in [1.82, 2.24) is 0 Å². The average Bonchev–Trinajstić information content (AvgIpc) is 2.82. The van der Waals surface area contributed by atoms with Gasteiger partial charge in [-0.1, -0.05) is 33.6 Å². The molecule has 194 valence electrons. The Labute approximate surface area is 209 Å². The van der Waals surface area contributed by atoms with Crippen LogP contribution >= 0.6 is 0 Å². The lowest BCUT2D eigenvalue weighted by Gasteiger charge is -2.22. The van der Waals surface area contributed by atoms with E-state index in [0.717, 1.165) is 38.5 Å². The van der Waals surface area contributed by atoms with Crippen molar-refractivity contribution in [2.45, 2.75) is 91.1 Å². The quantitative estimate of drug-likeness (QED) is 0.235. The zero-order valence-electron chi connectivity index (χ0n) is 21.5. The monoisotopic (exact) mass is 486 g/mol. The maximum absolute atomic E-state index is 13.0. The van der Waals surface area contributed by atoms with E-state index in [1.165, 1.54) is 18.2 Å². The van der Waals surface area contributed by atoms with Gasteiger partial charge in [-0.05, 0) is 98.1 Å². The molecule has 2 unspecified atom stereocenters. The summed E-state index contributed by atoms with van der Waals surface area (Å²) in [5, 5.41) is 28.8. The van der Waals surface area contributed by atoms with Crippen LogP contribution in [-0.2, 0) is 14.4 Å². The van der Waals surface area contributed by atoms with Crippen molar-refractivity contribution in [2.24, 2.45) is 11.3 Å². The van der Waals surface area contributed by atoms with E-state index in [9.17, 15) is 24.6 Å². The summed E-state index contributed by atoms with van der Waals surface area (Å²) in [5.74, 6) is -0.202. The third kappa shape index (κ3) is 9.43. The summed E-state index contributed by atoms with van der Waals surface area (Å²) in [7, 11) is 0. The Kier molecular flexibility index (Phi) is 11.5. The smallest absolute Gasteiger partial charge is 0.185 e. The molecule has 2 atom stereocenters. The minimum Gasteiger partial charge on any atom is -0.396 e. The Bertz CT molecular complexity index is 902. The van der Waals surface area contributed by atoms with E-state index in [1.54, 1.807) is 6.08 Å². The van der Waals surface area contributed by atoms with Crippen LogP contribution in [0.4, 0.5) is 0 Å². The SMILES string of the molecule is CC(CO)CCCCC1=CC(=O)C=C(CCC2=CC(O)C=C(CCCCC(C)(C)CO)C2=O)C1=O. The number of carbonyl (C=O) groups excluding carboxylic acids is 3. The number of allylic oxidation sites excluding steroid dienone is 6. The number of rotatable bonds is 15. The summed E-state index contributed by atoms with van der Waals surface area (Å²) in [5.41, 5.74) is 1.87. The fourth-order valence-corrected chi connectivity index (χ4v) is 4.47. The third-order valence-corrected chi connectivity index (χ3v) is 6.89. The largest absolute Gasteiger partial charge is 0.396 e. The second-order valence-corrected chi connectivity index (χ2v) is 10.8. The molecular weight excluding hydrogens is 444 g/mol. The first-order valence-electron chi connectivity index (χ1n) is 12.9. The normalized spacial score (nSPS) is 19.8. The molecule has 6 nitrogen and oxygen atoms in total. The van der Waals surface area contributed by atoms with Crippen LogP contribution in [0.2, 0.25) is 0 Å². The second-order valence-electron chi connectivity index (χ2n) is 10.8. The molecule has 0 bridgehead atoms. The van der Waals surface area contributed by atoms with Gasteiger partial charge in [-0.15, -0.1) is 0 Å². The van der Waals surface area contributed by atoms with Gasteiger partial charge in [0.15, 0.2) is 17.3 Å². The molecule has 2 aliphatic rings. The number of carbonyl (C=O) groups is 3. The predicted molar refractivity (Wildman–Crippen MR) is 137 cm³/mol. The molecule has 0 saturated carbocycles. The highest BCUT2D eigenvalue weighted by atomic mass is 16.3. The van der Waals surface area contributed by atoms with Crippen LogP contribution in [0.15, 0.2) is 46.6 Å². The number of aliphatic hydroxyl groups excluding tert-OH is 3. The lowest BCUT2D eigenvalue weighted by molar-refractivity contribution is -0.115. The molecule has 0 radical (unpaired) electrons. The highest BCUT2D eigenvalue weighted by Crippen LogP contribution is 2.29. The summed E-state index contributed by atoms with van der Waals surface area (Å²) in [4.78, 5) is 38.1.